The fraction of sp³-hybridized carbons (Fsp3) is 0. The Morgan fingerprint density at radius 2 is 2.80 bits per heavy atom. The summed E-state index contributed by atoms with van der Waals surface area (Å²) in [6, 6.07) is 0. The van der Waals surface area contributed by atoms with Gasteiger partial charge in [-0.1, -0.05) is 8.58 Å². The van der Waals surface area contributed by atoms with Crippen LogP contribution in [-0.2, 0) is 0 Å². The van der Waals surface area contributed by atoms with E-state index in [0.29, 0.717) is 8.73 Å². The Balaban J connectivity index is 2.32. The third-order valence-corrected chi connectivity index (χ3v) is 2.12. The molecule has 26 valence electrons. The molecule has 1 aliphatic rings. The monoisotopic (exact) mass is 103 g/mol. The molecule has 1 rings (SSSR count). The summed E-state index contributed by atoms with van der Waals surface area (Å²) < 4.78 is 3.89. The summed E-state index contributed by atoms with van der Waals surface area (Å²) in [5, 5.41) is 0. The second-order valence-corrected chi connectivity index (χ2v) is 2.67. The van der Waals surface area contributed by atoms with Crippen LogP contribution in [0, 0.1) is 5.90 Å². The van der Waals surface area contributed by atoms with Crippen molar-refractivity contribution in [2.45, 2.75) is 0 Å². The lowest BCUT2D eigenvalue weighted by atomic mass is 11.7. The van der Waals surface area contributed by atoms with E-state index in [1.54, 1.807) is 0 Å². The van der Waals surface area contributed by atoms with Gasteiger partial charge in [-0.15, -0.1) is 0 Å². The van der Waals surface area contributed by atoms with Crippen LogP contribution in [0.25, 0.3) is 0 Å². The molecule has 0 bridgehead atoms. The fourth-order valence-corrected chi connectivity index (χ4v) is 1.45. The largest absolute Gasteiger partial charge is 0.272 e. The van der Waals surface area contributed by atoms with Crippen LogP contribution < -0.4 is 0 Å². The van der Waals surface area contributed by atoms with Gasteiger partial charge in [-0.25, -0.2) is 0 Å². The third kappa shape index (κ3) is 0.948. The Morgan fingerprint density at radius 1 is 1.80 bits per heavy atom. The zero-order valence-corrected chi connectivity index (χ0v) is 4.52. The predicted molar refractivity (Wildman–Crippen MR) is 28.4 cm³/mol. The zero-order valence-electron chi connectivity index (χ0n) is 2.52. The van der Waals surface area contributed by atoms with Crippen LogP contribution in [0.3, 0.4) is 0 Å². The molecular weight excluding hydrogens is 100.0 g/mol. The van der Waals surface area contributed by atoms with Crippen molar-refractivity contribution in [1.82, 2.24) is 0 Å². The van der Waals surface area contributed by atoms with Gasteiger partial charge in [0.2, 0.25) is 0 Å². The summed E-state index contributed by atoms with van der Waals surface area (Å²) >= 11 is 0. The van der Waals surface area contributed by atoms with Crippen LogP contribution in [0.1, 0.15) is 0 Å². The van der Waals surface area contributed by atoms with Crippen molar-refractivity contribution < 1.29 is 0 Å². The SMILES string of the molecule is [C]1PC=NP1. The van der Waals surface area contributed by atoms with Gasteiger partial charge in [-0.05, 0) is 0 Å². The van der Waals surface area contributed by atoms with Crippen LogP contribution in [0.15, 0.2) is 4.76 Å². The Bertz CT molecular complexity index is 45.6. The van der Waals surface area contributed by atoms with Gasteiger partial charge >= 0.3 is 0 Å². The maximum absolute atomic E-state index is 3.89. The summed E-state index contributed by atoms with van der Waals surface area (Å²) in [4.78, 5) is 0. The highest BCUT2D eigenvalue weighted by Gasteiger charge is 1.87. The van der Waals surface area contributed by atoms with Crippen LogP contribution in [-0.4, -0.2) is 5.96 Å². The molecule has 2 atom stereocenters. The van der Waals surface area contributed by atoms with Gasteiger partial charge in [0.25, 0.3) is 0 Å². The lowest BCUT2D eigenvalue weighted by Crippen LogP contribution is -1.31. The molecule has 2 unspecified atom stereocenters. The molecule has 3 heteroatoms. The first-order valence-electron chi connectivity index (χ1n) is 1.27. The molecule has 0 saturated heterocycles. The molecule has 2 radical (unpaired) electrons. The summed E-state index contributed by atoms with van der Waals surface area (Å²) in [6.07, 6.45) is 0. The van der Waals surface area contributed by atoms with E-state index >= 15 is 0 Å². The normalized spacial score (nSPS) is 30.4. The van der Waals surface area contributed by atoms with Crippen LogP contribution in [0.5, 0.6) is 0 Å². The fourth-order valence-electron chi connectivity index (χ4n) is 0.161. The van der Waals surface area contributed by atoms with E-state index in [-0.39, 0.29) is 0 Å². The van der Waals surface area contributed by atoms with Crippen molar-refractivity contribution in [3.63, 3.8) is 0 Å². The van der Waals surface area contributed by atoms with Gasteiger partial charge in [0.05, 0.1) is 5.90 Å². The smallest absolute Gasteiger partial charge is 0.0628 e. The van der Waals surface area contributed by atoms with Crippen LogP contribution >= 0.6 is 17.3 Å². The summed E-state index contributed by atoms with van der Waals surface area (Å²) in [5.41, 5.74) is 0. The van der Waals surface area contributed by atoms with Crippen molar-refractivity contribution >= 4 is 23.3 Å². The molecule has 0 saturated carbocycles. The van der Waals surface area contributed by atoms with Crippen molar-refractivity contribution in [1.29, 1.82) is 0 Å². The Kier molecular flexibility index (Phi) is 1.37. The van der Waals surface area contributed by atoms with Crippen molar-refractivity contribution in [2.75, 3.05) is 0 Å². The lowest BCUT2D eigenvalue weighted by molar-refractivity contribution is 2.02. The highest BCUT2D eigenvalue weighted by molar-refractivity contribution is 7.72. The summed E-state index contributed by atoms with van der Waals surface area (Å²) in [5.74, 6) is 4.97. The molecule has 0 aromatic heterocycles. The van der Waals surface area contributed by atoms with E-state index in [2.05, 4.69) is 10.7 Å². The predicted octanol–water partition coefficient (Wildman–Crippen LogP) is 1.30. The maximum atomic E-state index is 3.89. The van der Waals surface area contributed by atoms with Crippen molar-refractivity contribution in [3.8, 4) is 0 Å². The number of rotatable bonds is 0. The molecule has 0 spiro atoms. The lowest BCUT2D eigenvalue weighted by Gasteiger charge is -1.65. The zero-order chi connectivity index (χ0) is 3.54. The average molecular weight is 103 g/mol. The van der Waals surface area contributed by atoms with Gasteiger partial charge in [0.15, 0.2) is 0 Å². The molecule has 0 fully saturated rings. The first-order valence-corrected chi connectivity index (χ1v) is 3.30. The van der Waals surface area contributed by atoms with Gasteiger partial charge in [-0.2, -0.15) is 0 Å². The molecule has 1 heterocycles. The van der Waals surface area contributed by atoms with Crippen LogP contribution in [0.4, 0.5) is 0 Å². The summed E-state index contributed by atoms with van der Waals surface area (Å²) in [7, 11) is 1.42. The summed E-state index contributed by atoms with van der Waals surface area (Å²) in [6.45, 7) is 0. The van der Waals surface area contributed by atoms with E-state index in [9.17, 15) is 0 Å². The maximum Gasteiger partial charge on any atom is 0.0628 e. The minimum absolute atomic E-state index is 0.640. The Morgan fingerprint density at radius 3 is 3.00 bits per heavy atom. The van der Waals surface area contributed by atoms with Crippen LogP contribution in [0.2, 0.25) is 0 Å². The first kappa shape index (κ1) is 3.71. The molecule has 0 amide bonds. The van der Waals surface area contributed by atoms with E-state index in [4.69, 9.17) is 0 Å². The first-order chi connectivity index (χ1) is 2.50. The van der Waals surface area contributed by atoms with Crippen molar-refractivity contribution in [2.24, 2.45) is 4.76 Å². The van der Waals surface area contributed by atoms with E-state index in [1.807, 2.05) is 5.96 Å². The minimum atomic E-state index is 0.640. The standard InChI is InChI=1S/C2H3NP2/c1-3-5-2-4-1/h1,4-5H. The molecular formula is C2H3NP2. The second kappa shape index (κ2) is 1.85. The Hall–Kier alpha value is 0.530. The molecule has 1 aliphatic heterocycles. The minimum Gasteiger partial charge on any atom is -0.272 e. The molecule has 5 heavy (non-hydrogen) atoms. The van der Waals surface area contributed by atoms with Gasteiger partial charge in [0.1, 0.15) is 0 Å². The molecule has 0 aliphatic carbocycles. The number of hydrogen-bond acceptors (Lipinski definition) is 1. The Labute approximate surface area is 34.9 Å². The van der Waals surface area contributed by atoms with Crippen molar-refractivity contribution in [3.05, 3.63) is 5.90 Å². The van der Waals surface area contributed by atoms with Gasteiger partial charge in [-0.3, -0.25) is 4.76 Å². The average Bonchev–Trinajstić information content (AvgIpc) is 1.76. The molecule has 0 aromatic rings. The quantitative estimate of drug-likeness (QED) is 0.409. The van der Waals surface area contributed by atoms with E-state index in [1.165, 1.54) is 0 Å². The van der Waals surface area contributed by atoms with E-state index < -0.39 is 0 Å². The third-order valence-electron chi connectivity index (χ3n) is 0.322. The molecule has 1 nitrogen and oxygen atoms in total. The number of nitrogens with zero attached hydrogens (tertiary/aromatic N) is 1. The highest BCUT2D eigenvalue weighted by atomic mass is 31.1. The topological polar surface area (TPSA) is 12.4 Å². The highest BCUT2D eigenvalue weighted by Crippen LogP contribution is 2.35. The van der Waals surface area contributed by atoms with Gasteiger partial charge < -0.3 is 0 Å². The number of hydrogen-bond donors (Lipinski definition) is 0. The van der Waals surface area contributed by atoms with Gasteiger partial charge in [0, 0.05) is 14.7 Å². The second-order valence-electron chi connectivity index (χ2n) is 0.639. The van der Waals surface area contributed by atoms with E-state index in [0.717, 1.165) is 8.58 Å². The molecule has 0 N–H and O–H groups in total. The molecule has 0 aromatic carbocycles.